The lowest BCUT2D eigenvalue weighted by atomic mass is 10.3. The Balaban J connectivity index is 1.88. The average molecular weight is 315 g/mol. The third-order valence-electron chi connectivity index (χ3n) is 3.56. The zero-order chi connectivity index (χ0) is 15.1. The molecule has 1 N–H and O–H groups in total. The van der Waals surface area contributed by atoms with Gasteiger partial charge in [0.1, 0.15) is 5.02 Å². The molecule has 21 heavy (non-hydrogen) atoms. The highest BCUT2D eigenvalue weighted by Gasteiger charge is 2.11. The van der Waals surface area contributed by atoms with Gasteiger partial charge in [-0.25, -0.2) is 4.68 Å². The number of anilines is 1. The molecule has 0 aliphatic carbocycles. The highest BCUT2D eigenvalue weighted by molar-refractivity contribution is 6.32. The highest BCUT2D eigenvalue weighted by Crippen LogP contribution is 2.15. The summed E-state index contributed by atoms with van der Waals surface area (Å²) in [5, 5.41) is 7.58. The molecule has 0 aromatic carbocycles. The van der Waals surface area contributed by atoms with Crippen LogP contribution in [0.25, 0.3) is 0 Å². The van der Waals surface area contributed by atoms with Gasteiger partial charge in [-0.3, -0.25) is 9.69 Å². The molecule has 0 saturated carbocycles. The van der Waals surface area contributed by atoms with E-state index in [2.05, 4.69) is 22.2 Å². The molecule has 6 nitrogen and oxygen atoms in total. The Bertz CT molecular complexity index is 500. The molecular weight excluding hydrogens is 292 g/mol. The summed E-state index contributed by atoms with van der Waals surface area (Å²) >= 11 is 6.13. The SMILES string of the molecule is CCCCn1ncc(NCCN2CCOCC2)c(Cl)c1=O. The highest BCUT2D eigenvalue weighted by atomic mass is 35.5. The predicted octanol–water partition coefficient (Wildman–Crippen LogP) is 1.44. The molecule has 1 aliphatic heterocycles. The summed E-state index contributed by atoms with van der Waals surface area (Å²) < 4.78 is 6.74. The number of hydrogen-bond donors (Lipinski definition) is 1. The van der Waals surface area contributed by atoms with Gasteiger partial charge < -0.3 is 10.1 Å². The Morgan fingerprint density at radius 3 is 2.86 bits per heavy atom. The fourth-order valence-corrected chi connectivity index (χ4v) is 2.44. The number of nitrogens with one attached hydrogen (secondary N) is 1. The van der Waals surface area contributed by atoms with Crippen molar-refractivity contribution in [3.05, 3.63) is 21.6 Å². The predicted molar refractivity (Wildman–Crippen MR) is 84.2 cm³/mol. The monoisotopic (exact) mass is 314 g/mol. The van der Waals surface area contributed by atoms with Crippen molar-refractivity contribution in [1.82, 2.24) is 14.7 Å². The molecule has 0 atom stereocenters. The van der Waals surface area contributed by atoms with Gasteiger partial charge in [-0.1, -0.05) is 24.9 Å². The Morgan fingerprint density at radius 2 is 2.14 bits per heavy atom. The number of unbranched alkanes of at least 4 members (excludes halogenated alkanes) is 1. The number of nitrogens with zero attached hydrogens (tertiary/aromatic N) is 3. The Hall–Kier alpha value is -1.11. The van der Waals surface area contributed by atoms with Crippen molar-refractivity contribution in [1.29, 1.82) is 0 Å². The zero-order valence-electron chi connectivity index (χ0n) is 12.5. The smallest absolute Gasteiger partial charge is 0.287 e. The van der Waals surface area contributed by atoms with Crippen molar-refractivity contribution in [2.75, 3.05) is 44.7 Å². The molecule has 0 radical (unpaired) electrons. The van der Waals surface area contributed by atoms with E-state index in [0.29, 0.717) is 12.2 Å². The first-order valence-electron chi connectivity index (χ1n) is 7.52. The molecule has 1 fully saturated rings. The van der Waals surface area contributed by atoms with Crippen LogP contribution in [0.4, 0.5) is 5.69 Å². The van der Waals surface area contributed by atoms with Crippen LogP contribution in [0.5, 0.6) is 0 Å². The van der Waals surface area contributed by atoms with Gasteiger partial charge in [0.05, 0.1) is 25.1 Å². The maximum atomic E-state index is 12.1. The Morgan fingerprint density at radius 1 is 1.38 bits per heavy atom. The third-order valence-corrected chi connectivity index (χ3v) is 3.92. The van der Waals surface area contributed by atoms with E-state index in [9.17, 15) is 4.79 Å². The van der Waals surface area contributed by atoms with Crippen molar-refractivity contribution in [3.63, 3.8) is 0 Å². The van der Waals surface area contributed by atoms with Gasteiger partial charge in [-0.05, 0) is 6.42 Å². The Labute approximate surface area is 130 Å². The zero-order valence-corrected chi connectivity index (χ0v) is 13.2. The molecule has 1 aliphatic rings. The molecule has 1 aromatic heterocycles. The van der Waals surface area contributed by atoms with Gasteiger partial charge in [0.15, 0.2) is 0 Å². The number of aryl methyl sites for hydroxylation is 1. The molecule has 118 valence electrons. The van der Waals surface area contributed by atoms with E-state index in [0.717, 1.165) is 52.2 Å². The fourth-order valence-electron chi connectivity index (χ4n) is 2.23. The Kier molecular flexibility index (Phi) is 6.48. The summed E-state index contributed by atoms with van der Waals surface area (Å²) in [6.07, 6.45) is 3.58. The van der Waals surface area contributed by atoms with Crippen molar-refractivity contribution < 1.29 is 4.74 Å². The van der Waals surface area contributed by atoms with Gasteiger partial charge >= 0.3 is 0 Å². The lowest BCUT2D eigenvalue weighted by Gasteiger charge is -2.26. The van der Waals surface area contributed by atoms with Crippen molar-refractivity contribution >= 4 is 17.3 Å². The summed E-state index contributed by atoms with van der Waals surface area (Å²) in [7, 11) is 0. The van der Waals surface area contributed by atoms with Crippen LogP contribution in [0, 0.1) is 0 Å². The number of aromatic nitrogens is 2. The van der Waals surface area contributed by atoms with E-state index < -0.39 is 0 Å². The van der Waals surface area contributed by atoms with E-state index in [-0.39, 0.29) is 10.6 Å². The fraction of sp³-hybridized carbons (Fsp3) is 0.714. The van der Waals surface area contributed by atoms with E-state index >= 15 is 0 Å². The quantitative estimate of drug-likeness (QED) is 0.825. The number of ether oxygens (including phenoxy) is 1. The molecule has 1 aromatic rings. The summed E-state index contributed by atoms with van der Waals surface area (Å²) in [5.74, 6) is 0. The van der Waals surface area contributed by atoms with Crippen LogP contribution in [-0.2, 0) is 11.3 Å². The third kappa shape index (κ3) is 4.69. The first kappa shape index (κ1) is 16.3. The van der Waals surface area contributed by atoms with Gasteiger partial charge in [-0.2, -0.15) is 5.10 Å². The van der Waals surface area contributed by atoms with Crippen LogP contribution >= 0.6 is 11.6 Å². The summed E-state index contributed by atoms with van der Waals surface area (Å²) in [4.78, 5) is 14.4. The van der Waals surface area contributed by atoms with Crippen LogP contribution in [0.2, 0.25) is 5.02 Å². The van der Waals surface area contributed by atoms with Crippen LogP contribution in [-0.4, -0.2) is 54.1 Å². The van der Waals surface area contributed by atoms with Gasteiger partial charge in [-0.15, -0.1) is 0 Å². The lowest BCUT2D eigenvalue weighted by molar-refractivity contribution is 0.0398. The first-order valence-corrected chi connectivity index (χ1v) is 7.89. The minimum absolute atomic E-state index is 0.221. The number of morpholine rings is 1. The van der Waals surface area contributed by atoms with Crippen LogP contribution in [0.3, 0.4) is 0 Å². The van der Waals surface area contributed by atoms with Crippen molar-refractivity contribution in [3.8, 4) is 0 Å². The van der Waals surface area contributed by atoms with Crippen LogP contribution < -0.4 is 10.9 Å². The second-order valence-corrected chi connectivity index (χ2v) is 5.51. The molecule has 1 saturated heterocycles. The number of hydrogen-bond acceptors (Lipinski definition) is 5. The molecule has 0 unspecified atom stereocenters. The van der Waals surface area contributed by atoms with E-state index in [4.69, 9.17) is 16.3 Å². The second kappa shape index (κ2) is 8.36. The van der Waals surface area contributed by atoms with Gasteiger partial charge in [0.2, 0.25) is 0 Å². The molecule has 0 amide bonds. The first-order chi connectivity index (χ1) is 10.2. The van der Waals surface area contributed by atoms with Gasteiger partial charge in [0.25, 0.3) is 5.56 Å². The van der Waals surface area contributed by atoms with E-state index in [1.807, 2.05) is 0 Å². The van der Waals surface area contributed by atoms with Crippen LogP contribution in [0.15, 0.2) is 11.0 Å². The molecule has 2 heterocycles. The maximum Gasteiger partial charge on any atom is 0.287 e. The average Bonchev–Trinajstić information content (AvgIpc) is 2.52. The summed E-state index contributed by atoms with van der Waals surface area (Å²) in [5.41, 5.74) is 0.393. The second-order valence-electron chi connectivity index (χ2n) is 5.13. The molecule has 0 spiro atoms. The molecule has 7 heteroatoms. The molecular formula is C14H23ClN4O2. The topological polar surface area (TPSA) is 59.4 Å². The van der Waals surface area contributed by atoms with Gasteiger partial charge in [0, 0.05) is 32.7 Å². The maximum absolute atomic E-state index is 12.1. The standard InChI is InChI=1S/C14H23ClN4O2/c1-2-3-5-19-14(20)13(15)12(11-17-19)16-4-6-18-7-9-21-10-8-18/h11,16H,2-10H2,1H3. The summed E-state index contributed by atoms with van der Waals surface area (Å²) in [6, 6.07) is 0. The normalized spacial score (nSPS) is 16.1. The number of halogens is 1. The molecule has 0 bridgehead atoms. The minimum atomic E-state index is -0.221. The van der Waals surface area contributed by atoms with Crippen molar-refractivity contribution in [2.24, 2.45) is 0 Å². The minimum Gasteiger partial charge on any atom is -0.381 e. The van der Waals surface area contributed by atoms with Crippen LogP contribution in [0.1, 0.15) is 19.8 Å². The molecule has 2 rings (SSSR count). The van der Waals surface area contributed by atoms with E-state index in [1.165, 1.54) is 4.68 Å². The lowest BCUT2D eigenvalue weighted by Crippen LogP contribution is -2.39. The van der Waals surface area contributed by atoms with Crippen molar-refractivity contribution in [2.45, 2.75) is 26.3 Å². The number of rotatable bonds is 7. The summed E-state index contributed by atoms with van der Waals surface area (Å²) in [6.45, 7) is 7.81. The largest absolute Gasteiger partial charge is 0.381 e. The van der Waals surface area contributed by atoms with E-state index in [1.54, 1.807) is 6.20 Å².